The molecule has 1 aromatic rings. The number of anilines is 1. The number of halogens is 2. The lowest BCUT2D eigenvalue weighted by Crippen LogP contribution is -2.13. The van der Waals surface area contributed by atoms with Gasteiger partial charge in [-0.3, -0.25) is 0 Å². The number of hydrogen-bond acceptors (Lipinski definition) is 3. The molecule has 0 radical (unpaired) electrons. The summed E-state index contributed by atoms with van der Waals surface area (Å²) in [6, 6.07) is 8.03. The number of aliphatic hydroxyl groups is 1. The van der Waals surface area contributed by atoms with Crippen molar-refractivity contribution >= 4 is 30.5 Å². The van der Waals surface area contributed by atoms with Gasteiger partial charge in [-0.2, -0.15) is 0 Å². The van der Waals surface area contributed by atoms with E-state index in [0.29, 0.717) is 6.42 Å². The highest BCUT2D eigenvalue weighted by Gasteiger charge is 2.04. The molecule has 0 saturated heterocycles. The number of aliphatic hydroxyl groups excluding tert-OH is 1. The molecular formula is C11H20Cl2N2O. The first-order valence-corrected chi connectivity index (χ1v) is 4.79. The van der Waals surface area contributed by atoms with Crippen LogP contribution in [0.15, 0.2) is 24.3 Å². The summed E-state index contributed by atoms with van der Waals surface area (Å²) in [5, 5.41) is 8.75. The van der Waals surface area contributed by atoms with Crippen LogP contribution in [-0.4, -0.2) is 25.8 Å². The molecule has 3 nitrogen and oxygen atoms in total. The summed E-state index contributed by atoms with van der Waals surface area (Å²) in [5.41, 5.74) is 8.09. The zero-order valence-corrected chi connectivity index (χ0v) is 11.2. The van der Waals surface area contributed by atoms with Crippen LogP contribution in [-0.2, 0) is 0 Å². The van der Waals surface area contributed by atoms with E-state index in [1.54, 1.807) is 0 Å². The van der Waals surface area contributed by atoms with E-state index in [1.165, 1.54) is 0 Å². The van der Waals surface area contributed by atoms with E-state index in [1.807, 2.05) is 43.3 Å². The highest BCUT2D eigenvalue weighted by molar-refractivity contribution is 5.85. The summed E-state index contributed by atoms with van der Waals surface area (Å²) >= 11 is 0. The third kappa shape index (κ3) is 5.03. The highest BCUT2D eigenvalue weighted by atomic mass is 35.5. The standard InChI is InChI=1S/C11H18N2O.2ClH/c1-13(2)10-5-3-9(4-6-10)11(12)7-8-14;;/h3-6,11,14H,7-8,12H2,1-2H3;2*1H/t11-;;/m1../s1. The van der Waals surface area contributed by atoms with Crippen molar-refractivity contribution in [3.8, 4) is 0 Å². The molecule has 0 amide bonds. The number of hydrogen-bond donors (Lipinski definition) is 2. The Hall–Kier alpha value is -0.480. The fraction of sp³-hybridized carbons (Fsp3) is 0.455. The van der Waals surface area contributed by atoms with Crippen LogP contribution in [0.2, 0.25) is 0 Å². The second kappa shape index (κ2) is 8.65. The van der Waals surface area contributed by atoms with Crippen LogP contribution in [0.5, 0.6) is 0 Å². The fourth-order valence-electron chi connectivity index (χ4n) is 1.33. The van der Waals surface area contributed by atoms with Crippen molar-refractivity contribution in [3.63, 3.8) is 0 Å². The third-order valence-corrected chi connectivity index (χ3v) is 2.28. The van der Waals surface area contributed by atoms with Gasteiger partial charge in [-0.15, -0.1) is 24.8 Å². The molecule has 5 heteroatoms. The van der Waals surface area contributed by atoms with E-state index in [0.717, 1.165) is 11.3 Å². The van der Waals surface area contributed by atoms with Crippen molar-refractivity contribution in [2.75, 3.05) is 25.6 Å². The Balaban J connectivity index is 0. The van der Waals surface area contributed by atoms with Crippen LogP contribution in [0.3, 0.4) is 0 Å². The van der Waals surface area contributed by atoms with E-state index < -0.39 is 0 Å². The lowest BCUT2D eigenvalue weighted by atomic mass is 10.0. The average molecular weight is 267 g/mol. The van der Waals surface area contributed by atoms with Gasteiger partial charge in [0.2, 0.25) is 0 Å². The van der Waals surface area contributed by atoms with Gasteiger partial charge < -0.3 is 15.7 Å². The van der Waals surface area contributed by atoms with Gasteiger partial charge in [0.1, 0.15) is 0 Å². The first-order chi connectivity index (χ1) is 6.65. The maximum atomic E-state index is 8.75. The van der Waals surface area contributed by atoms with Gasteiger partial charge in [0.05, 0.1) is 0 Å². The van der Waals surface area contributed by atoms with Gasteiger partial charge in [-0.05, 0) is 24.1 Å². The summed E-state index contributed by atoms with van der Waals surface area (Å²) in [7, 11) is 4.01. The lowest BCUT2D eigenvalue weighted by Gasteiger charge is -2.15. The highest BCUT2D eigenvalue weighted by Crippen LogP contribution is 2.17. The molecular weight excluding hydrogens is 247 g/mol. The number of nitrogens with zero attached hydrogens (tertiary/aromatic N) is 1. The Morgan fingerprint density at radius 1 is 1.19 bits per heavy atom. The minimum absolute atomic E-state index is 0. The maximum Gasteiger partial charge on any atom is 0.0449 e. The summed E-state index contributed by atoms with van der Waals surface area (Å²) in [4.78, 5) is 2.04. The van der Waals surface area contributed by atoms with Crippen molar-refractivity contribution in [1.82, 2.24) is 0 Å². The summed E-state index contributed by atoms with van der Waals surface area (Å²) in [6.07, 6.45) is 0.612. The molecule has 1 rings (SSSR count). The smallest absolute Gasteiger partial charge is 0.0449 e. The molecule has 0 unspecified atom stereocenters. The van der Waals surface area contributed by atoms with Crippen LogP contribution in [0, 0.1) is 0 Å². The molecule has 3 N–H and O–H groups in total. The molecule has 0 aliphatic heterocycles. The lowest BCUT2D eigenvalue weighted by molar-refractivity contribution is 0.276. The predicted octanol–water partition coefficient (Wildman–Crippen LogP) is 1.98. The Morgan fingerprint density at radius 2 is 1.69 bits per heavy atom. The van der Waals surface area contributed by atoms with Crippen molar-refractivity contribution in [3.05, 3.63) is 29.8 Å². The normalized spacial score (nSPS) is 11.0. The molecule has 0 aliphatic rings. The summed E-state index contributed by atoms with van der Waals surface area (Å²) in [5.74, 6) is 0. The third-order valence-electron chi connectivity index (χ3n) is 2.28. The molecule has 16 heavy (non-hydrogen) atoms. The van der Waals surface area contributed by atoms with Crippen LogP contribution in [0.4, 0.5) is 5.69 Å². The summed E-state index contributed by atoms with van der Waals surface area (Å²) in [6.45, 7) is 0.136. The van der Waals surface area contributed by atoms with Gasteiger partial charge in [-0.1, -0.05) is 12.1 Å². The molecule has 0 saturated carbocycles. The average Bonchev–Trinajstić information content (AvgIpc) is 2.18. The quantitative estimate of drug-likeness (QED) is 0.877. The first-order valence-electron chi connectivity index (χ1n) is 4.79. The minimum atomic E-state index is -0.0591. The molecule has 0 spiro atoms. The summed E-state index contributed by atoms with van der Waals surface area (Å²) < 4.78 is 0. The monoisotopic (exact) mass is 266 g/mol. The van der Waals surface area contributed by atoms with E-state index in [2.05, 4.69) is 0 Å². The minimum Gasteiger partial charge on any atom is -0.396 e. The molecule has 1 aromatic carbocycles. The van der Waals surface area contributed by atoms with Crippen LogP contribution in [0.1, 0.15) is 18.0 Å². The van der Waals surface area contributed by atoms with Gasteiger partial charge in [0.25, 0.3) is 0 Å². The van der Waals surface area contributed by atoms with Gasteiger partial charge in [-0.25, -0.2) is 0 Å². The van der Waals surface area contributed by atoms with Crippen molar-refractivity contribution in [2.24, 2.45) is 5.73 Å². The van der Waals surface area contributed by atoms with E-state index in [4.69, 9.17) is 10.8 Å². The van der Waals surface area contributed by atoms with Crippen LogP contribution >= 0.6 is 24.8 Å². The molecule has 0 fully saturated rings. The van der Waals surface area contributed by atoms with Crippen molar-refractivity contribution in [1.29, 1.82) is 0 Å². The second-order valence-corrected chi connectivity index (χ2v) is 3.60. The van der Waals surface area contributed by atoms with Gasteiger partial charge in [0.15, 0.2) is 0 Å². The molecule has 1 atom stereocenters. The Labute approximate surface area is 109 Å². The van der Waals surface area contributed by atoms with Gasteiger partial charge >= 0.3 is 0 Å². The molecule has 0 aliphatic carbocycles. The Bertz CT molecular complexity index is 278. The fourth-order valence-corrected chi connectivity index (χ4v) is 1.33. The largest absolute Gasteiger partial charge is 0.396 e. The van der Waals surface area contributed by atoms with Crippen molar-refractivity contribution in [2.45, 2.75) is 12.5 Å². The molecule has 0 aromatic heterocycles. The predicted molar refractivity (Wildman–Crippen MR) is 73.9 cm³/mol. The number of rotatable bonds is 4. The van der Waals surface area contributed by atoms with Crippen LogP contribution < -0.4 is 10.6 Å². The molecule has 0 heterocycles. The van der Waals surface area contributed by atoms with Crippen molar-refractivity contribution < 1.29 is 5.11 Å². The van der Waals surface area contributed by atoms with Gasteiger partial charge in [0, 0.05) is 32.4 Å². The second-order valence-electron chi connectivity index (χ2n) is 3.60. The zero-order chi connectivity index (χ0) is 10.6. The molecule has 94 valence electrons. The van der Waals surface area contributed by atoms with E-state index in [-0.39, 0.29) is 37.5 Å². The van der Waals surface area contributed by atoms with E-state index >= 15 is 0 Å². The van der Waals surface area contributed by atoms with E-state index in [9.17, 15) is 0 Å². The zero-order valence-electron chi connectivity index (χ0n) is 9.59. The number of nitrogens with two attached hydrogens (primary N) is 1. The first kappa shape index (κ1) is 17.9. The Morgan fingerprint density at radius 3 is 2.06 bits per heavy atom. The number of benzene rings is 1. The Kier molecular flexibility index (Phi) is 9.67. The topological polar surface area (TPSA) is 49.5 Å². The molecule has 0 bridgehead atoms. The van der Waals surface area contributed by atoms with Crippen LogP contribution in [0.25, 0.3) is 0 Å². The maximum absolute atomic E-state index is 8.75. The SMILES string of the molecule is CN(C)c1ccc([C@H](N)CCO)cc1.Cl.Cl.